The average Bonchev–Trinajstić information content (AvgIpc) is 2.37. The summed E-state index contributed by atoms with van der Waals surface area (Å²) in [5.74, 6) is -0.899. The fourth-order valence-electron chi connectivity index (χ4n) is 1.46. The summed E-state index contributed by atoms with van der Waals surface area (Å²) in [4.78, 5) is 12.0. The molecule has 2 aromatic carbocycles. The highest BCUT2D eigenvalue weighted by Gasteiger charge is 2.10. The molecule has 2 rings (SSSR count). The molecule has 0 fully saturated rings. The van der Waals surface area contributed by atoms with Crippen LogP contribution in [0.5, 0.6) is 0 Å². The fraction of sp³-hybridized carbons (Fsp3) is 0. The Balaban J connectivity index is 2.25. The van der Waals surface area contributed by atoms with Crippen molar-refractivity contribution in [3.8, 4) is 0 Å². The third-order valence-electron chi connectivity index (χ3n) is 2.44. The van der Waals surface area contributed by atoms with Crippen LogP contribution in [0.15, 0.2) is 45.3 Å². The maximum Gasteiger partial charge on any atom is 0.255 e. The van der Waals surface area contributed by atoms with Crippen LogP contribution in [0.4, 0.5) is 15.8 Å². The van der Waals surface area contributed by atoms with Gasteiger partial charge in [0.05, 0.1) is 5.69 Å². The zero-order valence-electron chi connectivity index (χ0n) is 9.58. The number of anilines is 2. The molecule has 0 atom stereocenters. The number of halogens is 3. The van der Waals surface area contributed by atoms with Gasteiger partial charge in [0.25, 0.3) is 5.91 Å². The van der Waals surface area contributed by atoms with Crippen LogP contribution in [0, 0.1) is 5.82 Å². The van der Waals surface area contributed by atoms with E-state index in [1.54, 1.807) is 24.3 Å². The molecule has 19 heavy (non-hydrogen) atoms. The molecule has 0 radical (unpaired) electrons. The van der Waals surface area contributed by atoms with Crippen LogP contribution in [-0.2, 0) is 0 Å². The molecule has 0 aromatic heterocycles. The lowest BCUT2D eigenvalue weighted by atomic mass is 10.2. The van der Waals surface area contributed by atoms with E-state index in [9.17, 15) is 9.18 Å². The van der Waals surface area contributed by atoms with E-state index in [0.29, 0.717) is 20.2 Å². The fourth-order valence-corrected chi connectivity index (χ4v) is 2.20. The first-order valence-electron chi connectivity index (χ1n) is 5.29. The number of rotatable bonds is 2. The van der Waals surface area contributed by atoms with E-state index in [4.69, 9.17) is 5.73 Å². The molecular weight excluding hydrogens is 379 g/mol. The Labute approximate surface area is 126 Å². The highest BCUT2D eigenvalue weighted by molar-refractivity contribution is 9.10. The smallest absolute Gasteiger partial charge is 0.255 e. The molecule has 0 saturated carbocycles. The lowest BCUT2D eigenvalue weighted by Gasteiger charge is -2.08. The van der Waals surface area contributed by atoms with Gasteiger partial charge in [0, 0.05) is 20.2 Å². The largest absolute Gasteiger partial charge is 0.398 e. The Morgan fingerprint density at radius 2 is 1.89 bits per heavy atom. The first-order chi connectivity index (χ1) is 8.97. The zero-order valence-corrected chi connectivity index (χ0v) is 12.8. The van der Waals surface area contributed by atoms with E-state index in [1.165, 1.54) is 12.1 Å². The van der Waals surface area contributed by atoms with Crippen LogP contribution in [0.2, 0.25) is 0 Å². The van der Waals surface area contributed by atoms with Crippen molar-refractivity contribution in [3.63, 3.8) is 0 Å². The Kier molecular flexibility index (Phi) is 4.21. The molecule has 0 saturated heterocycles. The molecule has 0 aliphatic carbocycles. The summed E-state index contributed by atoms with van der Waals surface area (Å²) in [5.41, 5.74) is 6.68. The summed E-state index contributed by atoms with van der Waals surface area (Å²) in [7, 11) is 0. The predicted molar refractivity (Wildman–Crippen MR) is 80.6 cm³/mol. The average molecular weight is 388 g/mol. The summed E-state index contributed by atoms with van der Waals surface area (Å²) in [5, 5.41) is 2.51. The molecule has 6 heteroatoms. The van der Waals surface area contributed by atoms with Crippen molar-refractivity contribution in [1.29, 1.82) is 0 Å². The second-order valence-electron chi connectivity index (χ2n) is 3.81. The first kappa shape index (κ1) is 14.0. The molecule has 1 amide bonds. The van der Waals surface area contributed by atoms with Crippen molar-refractivity contribution in [2.24, 2.45) is 0 Å². The second-order valence-corrected chi connectivity index (χ2v) is 5.58. The van der Waals surface area contributed by atoms with Crippen LogP contribution in [0.3, 0.4) is 0 Å². The third kappa shape index (κ3) is 3.33. The molecule has 0 aliphatic rings. The molecule has 0 spiro atoms. The van der Waals surface area contributed by atoms with Crippen molar-refractivity contribution in [3.05, 3.63) is 56.7 Å². The van der Waals surface area contributed by atoms with Gasteiger partial charge in [0.2, 0.25) is 0 Å². The van der Waals surface area contributed by atoms with E-state index < -0.39 is 11.7 Å². The maximum atomic E-state index is 13.5. The summed E-state index contributed by atoms with van der Waals surface area (Å²) < 4.78 is 14.8. The number of benzene rings is 2. The van der Waals surface area contributed by atoms with Crippen LogP contribution in [-0.4, -0.2) is 5.91 Å². The monoisotopic (exact) mass is 386 g/mol. The Morgan fingerprint density at radius 1 is 1.16 bits per heavy atom. The van der Waals surface area contributed by atoms with Gasteiger partial charge in [0.1, 0.15) is 5.82 Å². The molecule has 3 nitrogen and oxygen atoms in total. The minimum atomic E-state index is -0.494. The normalized spacial score (nSPS) is 10.3. The van der Waals surface area contributed by atoms with Gasteiger partial charge in [-0.3, -0.25) is 4.79 Å². The van der Waals surface area contributed by atoms with E-state index in [2.05, 4.69) is 37.2 Å². The topological polar surface area (TPSA) is 55.1 Å². The van der Waals surface area contributed by atoms with Gasteiger partial charge in [0.15, 0.2) is 0 Å². The van der Waals surface area contributed by atoms with Crippen LogP contribution < -0.4 is 11.1 Å². The molecule has 0 unspecified atom stereocenters. The molecule has 0 aliphatic heterocycles. The summed E-state index contributed by atoms with van der Waals surface area (Å²) >= 11 is 6.46. The standard InChI is InChI=1S/C13H9Br2FN2O/c14-8-2-3-10(16)12(6-8)18-13(19)7-1-4-11(17)9(15)5-7/h1-6H,17H2,(H,18,19). The first-order valence-corrected chi connectivity index (χ1v) is 6.87. The molecule has 2 aromatic rings. The van der Waals surface area contributed by atoms with Gasteiger partial charge in [-0.15, -0.1) is 0 Å². The quantitative estimate of drug-likeness (QED) is 0.759. The number of amides is 1. The van der Waals surface area contributed by atoms with Gasteiger partial charge < -0.3 is 11.1 Å². The minimum Gasteiger partial charge on any atom is -0.398 e. The van der Waals surface area contributed by atoms with E-state index in [1.807, 2.05) is 0 Å². The summed E-state index contributed by atoms with van der Waals surface area (Å²) in [6.45, 7) is 0. The molecule has 98 valence electrons. The van der Waals surface area contributed by atoms with Crippen molar-refractivity contribution in [2.45, 2.75) is 0 Å². The van der Waals surface area contributed by atoms with E-state index >= 15 is 0 Å². The number of carbonyl (C=O) groups is 1. The number of nitrogens with one attached hydrogen (secondary N) is 1. The van der Waals surface area contributed by atoms with Crippen LogP contribution >= 0.6 is 31.9 Å². The number of hydrogen-bond donors (Lipinski definition) is 2. The Bertz CT molecular complexity index is 647. The van der Waals surface area contributed by atoms with E-state index in [-0.39, 0.29) is 5.69 Å². The number of nitrogens with two attached hydrogens (primary N) is 1. The van der Waals surface area contributed by atoms with Gasteiger partial charge >= 0.3 is 0 Å². The molecular formula is C13H9Br2FN2O. The molecule has 0 heterocycles. The Hall–Kier alpha value is -1.40. The van der Waals surface area contributed by atoms with Gasteiger partial charge in [-0.2, -0.15) is 0 Å². The van der Waals surface area contributed by atoms with Gasteiger partial charge in [-0.1, -0.05) is 15.9 Å². The number of nitrogen functional groups attached to an aromatic ring is 1. The summed E-state index contributed by atoms with van der Waals surface area (Å²) in [6.07, 6.45) is 0. The minimum absolute atomic E-state index is 0.118. The molecule has 0 bridgehead atoms. The van der Waals surface area contributed by atoms with Crippen molar-refractivity contribution in [2.75, 3.05) is 11.1 Å². The predicted octanol–water partition coefficient (Wildman–Crippen LogP) is 4.19. The number of hydrogen-bond acceptors (Lipinski definition) is 2. The highest BCUT2D eigenvalue weighted by atomic mass is 79.9. The lowest BCUT2D eigenvalue weighted by molar-refractivity contribution is 0.102. The van der Waals surface area contributed by atoms with E-state index in [0.717, 1.165) is 0 Å². The van der Waals surface area contributed by atoms with Crippen molar-refractivity contribution in [1.82, 2.24) is 0 Å². The lowest BCUT2D eigenvalue weighted by Crippen LogP contribution is -2.13. The highest BCUT2D eigenvalue weighted by Crippen LogP contribution is 2.23. The SMILES string of the molecule is Nc1ccc(C(=O)Nc2cc(Br)ccc2F)cc1Br. The van der Waals surface area contributed by atoms with Crippen molar-refractivity contribution < 1.29 is 9.18 Å². The second kappa shape index (κ2) is 5.71. The Morgan fingerprint density at radius 3 is 2.58 bits per heavy atom. The van der Waals surface area contributed by atoms with Crippen LogP contribution in [0.1, 0.15) is 10.4 Å². The van der Waals surface area contributed by atoms with Crippen molar-refractivity contribution >= 4 is 49.1 Å². The van der Waals surface area contributed by atoms with Crippen LogP contribution in [0.25, 0.3) is 0 Å². The third-order valence-corrected chi connectivity index (χ3v) is 3.62. The number of carbonyl (C=O) groups excluding carboxylic acids is 1. The van der Waals surface area contributed by atoms with Gasteiger partial charge in [-0.05, 0) is 52.3 Å². The van der Waals surface area contributed by atoms with Gasteiger partial charge in [-0.25, -0.2) is 4.39 Å². The summed E-state index contributed by atoms with van der Waals surface area (Å²) in [6, 6.07) is 9.10. The maximum absolute atomic E-state index is 13.5. The zero-order chi connectivity index (χ0) is 14.0. The molecule has 3 N–H and O–H groups in total.